The zero-order valence-electron chi connectivity index (χ0n) is 7.55. The van der Waals surface area contributed by atoms with Crippen LogP contribution in [0.3, 0.4) is 0 Å². The van der Waals surface area contributed by atoms with Crippen LogP contribution < -0.4 is 5.32 Å². The minimum atomic E-state index is -0.254. The van der Waals surface area contributed by atoms with Gasteiger partial charge in [-0.1, -0.05) is 25.0 Å². The van der Waals surface area contributed by atoms with Gasteiger partial charge in [0.05, 0.1) is 6.04 Å². The zero-order chi connectivity index (χ0) is 9.68. The van der Waals surface area contributed by atoms with E-state index in [0.29, 0.717) is 0 Å². The molecule has 1 nitrogen and oxygen atoms in total. The van der Waals surface area contributed by atoms with Gasteiger partial charge in [0.2, 0.25) is 0 Å². The van der Waals surface area contributed by atoms with Gasteiger partial charge in [-0.15, -0.1) is 6.42 Å². The Morgan fingerprint density at radius 1 is 1.62 bits per heavy atom. The van der Waals surface area contributed by atoms with Crippen molar-refractivity contribution in [2.24, 2.45) is 0 Å². The zero-order valence-corrected chi connectivity index (χ0v) is 7.55. The van der Waals surface area contributed by atoms with Crippen LogP contribution in [0, 0.1) is 18.2 Å². The predicted octanol–water partition coefficient (Wildman–Crippen LogP) is 2.11. The molecular weight excluding hydrogens is 165 g/mol. The Hall–Kier alpha value is -1.33. The number of halogens is 1. The summed E-state index contributed by atoms with van der Waals surface area (Å²) in [6.45, 7) is 2.73. The smallest absolute Gasteiger partial charge is 0.123 e. The summed E-state index contributed by atoms with van der Waals surface area (Å²) in [5.41, 5.74) is 0.796. The molecule has 0 heterocycles. The van der Waals surface area contributed by atoms with E-state index >= 15 is 0 Å². The molecule has 0 bridgehead atoms. The van der Waals surface area contributed by atoms with E-state index in [1.165, 1.54) is 12.1 Å². The molecule has 13 heavy (non-hydrogen) atoms. The number of rotatable bonds is 3. The van der Waals surface area contributed by atoms with E-state index in [2.05, 4.69) is 11.2 Å². The van der Waals surface area contributed by atoms with Crippen molar-refractivity contribution in [2.45, 2.75) is 13.0 Å². The van der Waals surface area contributed by atoms with Crippen LogP contribution in [-0.2, 0) is 0 Å². The van der Waals surface area contributed by atoms with Crippen LogP contribution >= 0.6 is 0 Å². The topological polar surface area (TPSA) is 12.0 Å². The van der Waals surface area contributed by atoms with Crippen LogP contribution in [0.2, 0.25) is 0 Å². The molecule has 0 spiro atoms. The van der Waals surface area contributed by atoms with E-state index < -0.39 is 0 Å². The Balaban J connectivity index is 2.86. The lowest BCUT2D eigenvalue weighted by molar-refractivity contribution is 0.614. The minimum Gasteiger partial charge on any atom is -0.300 e. The van der Waals surface area contributed by atoms with Gasteiger partial charge in [0, 0.05) is 0 Å². The van der Waals surface area contributed by atoms with Gasteiger partial charge in [-0.05, 0) is 24.2 Å². The van der Waals surface area contributed by atoms with Crippen LogP contribution in [0.25, 0.3) is 0 Å². The molecule has 1 aromatic carbocycles. The van der Waals surface area contributed by atoms with Crippen LogP contribution in [0.4, 0.5) is 4.39 Å². The van der Waals surface area contributed by atoms with Crippen molar-refractivity contribution >= 4 is 0 Å². The van der Waals surface area contributed by atoms with Gasteiger partial charge in [0.25, 0.3) is 0 Å². The normalized spacial score (nSPS) is 12.1. The van der Waals surface area contributed by atoms with Crippen molar-refractivity contribution in [1.29, 1.82) is 0 Å². The summed E-state index contributed by atoms with van der Waals surface area (Å²) in [5, 5.41) is 3.07. The maximum atomic E-state index is 12.8. The summed E-state index contributed by atoms with van der Waals surface area (Å²) in [4.78, 5) is 0. The number of hydrogen-bond donors (Lipinski definition) is 1. The Morgan fingerprint density at radius 3 is 2.92 bits per heavy atom. The molecule has 0 aliphatic carbocycles. The van der Waals surface area contributed by atoms with E-state index in [0.717, 1.165) is 12.1 Å². The van der Waals surface area contributed by atoms with Gasteiger partial charge < -0.3 is 5.32 Å². The molecule has 0 amide bonds. The van der Waals surface area contributed by atoms with E-state index in [-0.39, 0.29) is 11.9 Å². The Kier molecular flexibility index (Phi) is 3.48. The van der Waals surface area contributed by atoms with Gasteiger partial charge in [-0.2, -0.15) is 0 Å². The standard InChI is InChI=1S/C11H12FN/c1-3-11(13-4-2)9-6-5-7-10(12)8-9/h1,5-8,11,13H,4H2,2H3. The fraction of sp³-hybridized carbons (Fsp3) is 0.273. The van der Waals surface area contributed by atoms with Crippen LogP contribution in [-0.4, -0.2) is 6.54 Å². The summed E-state index contributed by atoms with van der Waals surface area (Å²) in [6, 6.07) is 6.14. The maximum Gasteiger partial charge on any atom is 0.123 e. The molecule has 1 rings (SSSR count). The molecule has 0 fully saturated rings. The summed E-state index contributed by atoms with van der Waals surface area (Å²) < 4.78 is 12.8. The second kappa shape index (κ2) is 4.64. The van der Waals surface area contributed by atoms with Crippen molar-refractivity contribution in [3.63, 3.8) is 0 Å². The first-order chi connectivity index (χ1) is 6.27. The van der Waals surface area contributed by atoms with E-state index in [4.69, 9.17) is 6.42 Å². The number of hydrogen-bond acceptors (Lipinski definition) is 1. The minimum absolute atomic E-state index is 0.194. The molecule has 0 aliphatic heterocycles. The third-order valence-corrected chi connectivity index (χ3v) is 1.76. The SMILES string of the molecule is C#CC(NCC)c1cccc(F)c1. The lowest BCUT2D eigenvalue weighted by atomic mass is 10.1. The van der Waals surface area contributed by atoms with Gasteiger partial charge in [-0.25, -0.2) is 4.39 Å². The molecular formula is C11H12FN. The maximum absolute atomic E-state index is 12.8. The third-order valence-electron chi connectivity index (χ3n) is 1.76. The van der Waals surface area contributed by atoms with Crippen molar-refractivity contribution in [3.05, 3.63) is 35.6 Å². The predicted molar refractivity (Wildman–Crippen MR) is 51.7 cm³/mol. The molecule has 0 saturated heterocycles. The average molecular weight is 177 g/mol. The number of terminal acetylenes is 1. The van der Waals surface area contributed by atoms with Gasteiger partial charge in [0.15, 0.2) is 0 Å². The third kappa shape index (κ3) is 2.57. The van der Waals surface area contributed by atoms with Crippen molar-refractivity contribution in [3.8, 4) is 12.3 Å². The molecule has 1 aromatic rings. The molecule has 2 heteroatoms. The largest absolute Gasteiger partial charge is 0.300 e. The number of nitrogens with one attached hydrogen (secondary N) is 1. The Labute approximate surface area is 78.0 Å². The highest BCUT2D eigenvalue weighted by atomic mass is 19.1. The first kappa shape index (κ1) is 9.76. The fourth-order valence-corrected chi connectivity index (χ4v) is 1.16. The fourth-order valence-electron chi connectivity index (χ4n) is 1.16. The quantitative estimate of drug-likeness (QED) is 0.697. The summed E-state index contributed by atoms with van der Waals surface area (Å²) in [5.74, 6) is 2.31. The van der Waals surface area contributed by atoms with Crippen LogP contribution in [0.15, 0.2) is 24.3 Å². The van der Waals surface area contributed by atoms with Crippen LogP contribution in [0.5, 0.6) is 0 Å². The average Bonchev–Trinajstić information content (AvgIpc) is 2.14. The highest BCUT2D eigenvalue weighted by molar-refractivity contribution is 5.26. The van der Waals surface area contributed by atoms with Crippen molar-refractivity contribution in [2.75, 3.05) is 6.54 Å². The highest BCUT2D eigenvalue weighted by Crippen LogP contribution is 2.12. The van der Waals surface area contributed by atoms with Gasteiger partial charge in [-0.3, -0.25) is 0 Å². The molecule has 0 aromatic heterocycles. The summed E-state index contributed by atoms with van der Waals surface area (Å²) >= 11 is 0. The van der Waals surface area contributed by atoms with Gasteiger partial charge in [0.1, 0.15) is 5.82 Å². The van der Waals surface area contributed by atoms with Crippen molar-refractivity contribution in [1.82, 2.24) is 5.32 Å². The molecule has 0 radical (unpaired) electrons. The summed E-state index contributed by atoms with van der Waals surface area (Å²) in [6.07, 6.45) is 5.31. The summed E-state index contributed by atoms with van der Waals surface area (Å²) in [7, 11) is 0. The molecule has 0 saturated carbocycles. The lowest BCUT2D eigenvalue weighted by Gasteiger charge is -2.11. The van der Waals surface area contributed by atoms with E-state index in [9.17, 15) is 4.39 Å². The first-order valence-electron chi connectivity index (χ1n) is 4.23. The molecule has 1 N–H and O–H groups in total. The second-order valence-electron chi connectivity index (χ2n) is 2.71. The van der Waals surface area contributed by atoms with Crippen LogP contribution in [0.1, 0.15) is 18.5 Å². The second-order valence-corrected chi connectivity index (χ2v) is 2.71. The van der Waals surface area contributed by atoms with E-state index in [1.54, 1.807) is 6.07 Å². The number of benzene rings is 1. The Morgan fingerprint density at radius 2 is 2.38 bits per heavy atom. The molecule has 1 unspecified atom stereocenters. The van der Waals surface area contributed by atoms with E-state index in [1.807, 2.05) is 13.0 Å². The van der Waals surface area contributed by atoms with Crippen molar-refractivity contribution < 1.29 is 4.39 Å². The first-order valence-corrected chi connectivity index (χ1v) is 4.23. The monoisotopic (exact) mass is 177 g/mol. The molecule has 1 atom stereocenters. The lowest BCUT2D eigenvalue weighted by Crippen LogP contribution is -2.19. The molecule has 68 valence electrons. The Bertz CT molecular complexity index is 314. The molecule has 0 aliphatic rings. The highest BCUT2D eigenvalue weighted by Gasteiger charge is 2.05. The van der Waals surface area contributed by atoms with Gasteiger partial charge >= 0.3 is 0 Å².